The van der Waals surface area contributed by atoms with Crippen molar-refractivity contribution in [3.8, 4) is 5.75 Å². The zero-order valence-electron chi connectivity index (χ0n) is 8.90. The molecule has 0 aliphatic rings. The summed E-state index contributed by atoms with van der Waals surface area (Å²) in [6.45, 7) is 1.94. The van der Waals surface area contributed by atoms with E-state index in [1.54, 1.807) is 19.1 Å². The number of benzene rings is 1. The number of hydrogen-bond acceptors (Lipinski definition) is 4. The van der Waals surface area contributed by atoms with Gasteiger partial charge in [0.2, 0.25) is 0 Å². The molecule has 1 aromatic rings. The third kappa shape index (κ3) is 3.23. The van der Waals surface area contributed by atoms with Crippen LogP contribution in [0.25, 0.3) is 0 Å². The van der Waals surface area contributed by atoms with Crippen molar-refractivity contribution < 1.29 is 9.66 Å². The van der Waals surface area contributed by atoms with E-state index in [2.05, 4.69) is 0 Å². The molecule has 0 unspecified atom stereocenters. The number of amidine groups is 1. The highest BCUT2D eigenvalue weighted by Crippen LogP contribution is 2.27. The third-order valence-corrected chi connectivity index (χ3v) is 1.94. The maximum absolute atomic E-state index is 10.7. The van der Waals surface area contributed by atoms with Crippen molar-refractivity contribution in [1.82, 2.24) is 0 Å². The summed E-state index contributed by atoms with van der Waals surface area (Å²) in [5, 5.41) is 17.7. The molecule has 3 N–H and O–H groups in total. The standard InChI is InChI=1S/C10H13N3O3/c1-7-2-3-9(8(6-7)13(14)15)16-5-4-10(11)12/h2-3,6H,4-5H2,1H3,(H3,11,12). The van der Waals surface area contributed by atoms with E-state index in [0.29, 0.717) is 0 Å². The molecule has 0 spiro atoms. The summed E-state index contributed by atoms with van der Waals surface area (Å²) in [6, 6.07) is 4.73. The predicted octanol–water partition coefficient (Wildman–Crippen LogP) is 1.61. The summed E-state index contributed by atoms with van der Waals surface area (Å²) in [5.41, 5.74) is 5.88. The molecule has 0 bridgehead atoms. The first-order valence-electron chi connectivity index (χ1n) is 4.71. The number of nitrogens with two attached hydrogens (primary N) is 1. The van der Waals surface area contributed by atoms with Crippen molar-refractivity contribution in [2.24, 2.45) is 5.73 Å². The van der Waals surface area contributed by atoms with Gasteiger partial charge in [-0.2, -0.15) is 0 Å². The Morgan fingerprint density at radius 1 is 1.62 bits per heavy atom. The number of nitrogens with one attached hydrogen (secondary N) is 1. The highest BCUT2D eigenvalue weighted by molar-refractivity contribution is 5.76. The monoisotopic (exact) mass is 223 g/mol. The van der Waals surface area contributed by atoms with Crippen LogP contribution in [0.1, 0.15) is 12.0 Å². The Morgan fingerprint density at radius 3 is 2.88 bits per heavy atom. The second-order valence-electron chi connectivity index (χ2n) is 3.35. The van der Waals surface area contributed by atoms with Crippen LogP contribution in [0.5, 0.6) is 5.75 Å². The molecule has 0 radical (unpaired) electrons. The van der Waals surface area contributed by atoms with Gasteiger partial charge in [-0.05, 0) is 18.6 Å². The minimum atomic E-state index is -0.490. The second-order valence-corrected chi connectivity index (χ2v) is 3.35. The Bertz CT molecular complexity index is 418. The smallest absolute Gasteiger partial charge is 0.311 e. The quantitative estimate of drug-likeness (QED) is 0.342. The fourth-order valence-corrected chi connectivity index (χ4v) is 1.16. The minimum absolute atomic E-state index is 0.00485. The van der Waals surface area contributed by atoms with Gasteiger partial charge in [0.05, 0.1) is 17.4 Å². The Kier molecular flexibility index (Phi) is 3.82. The lowest BCUT2D eigenvalue weighted by Gasteiger charge is -2.06. The van der Waals surface area contributed by atoms with Crippen LogP contribution in [0.15, 0.2) is 18.2 Å². The van der Waals surface area contributed by atoms with E-state index in [4.69, 9.17) is 15.9 Å². The number of nitro groups is 1. The molecular formula is C10H13N3O3. The second kappa shape index (κ2) is 5.11. The van der Waals surface area contributed by atoms with Crippen molar-refractivity contribution >= 4 is 11.5 Å². The fraction of sp³-hybridized carbons (Fsp3) is 0.300. The lowest BCUT2D eigenvalue weighted by molar-refractivity contribution is -0.385. The zero-order chi connectivity index (χ0) is 12.1. The number of aryl methyl sites for hydroxylation is 1. The Balaban J connectivity index is 2.78. The molecule has 1 aromatic carbocycles. The van der Waals surface area contributed by atoms with E-state index in [1.165, 1.54) is 6.07 Å². The first-order chi connectivity index (χ1) is 7.50. The Morgan fingerprint density at radius 2 is 2.31 bits per heavy atom. The number of rotatable bonds is 5. The summed E-state index contributed by atoms with van der Waals surface area (Å²) in [4.78, 5) is 10.2. The summed E-state index contributed by atoms with van der Waals surface area (Å²) in [7, 11) is 0. The molecule has 16 heavy (non-hydrogen) atoms. The van der Waals surface area contributed by atoms with Crippen LogP contribution in [0, 0.1) is 22.4 Å². The van der Waals surface area contributed by atoms with Gasteiger partial charge in [0, 0.05) is 12.5 Å². The van der Waals surface area contributed by atoms with E-state index in [0.717, 1.165) is 5.56 Å². The number of ether oxygens (including phenoxy) is 1. The molecule has 1 rings (SSSR count). The Hall–Kier alpha value is -2.11. The molecule has 6 nitrogen and oxygen atoms in total. The van der Waals surface area contributed by atoms with Gasteiger partial charge < -0.3 is 10.5 Å². The van der Waals surface area contributed by atoms with Crippen LogP contribution in [-0.2, 0) is 0 Å². The molecule has 0 atom stereocenters. The van der Waals surface area contributed by atoms with Gasteiger partial charge in [-0.1, -0.05) is 6.07 Å². The first-order valence-corrected chi connectivity index (χ1v) is 4.71. The van der Waals surface area contributed by atoms with Gasteiger partial charge in [0.1, 0.15) is 0 Å². The van der Waals surface area contributed by atoms with Crippen LogP contribution < -0.4 is 10.5 Å². The van der Waals surface area contributed by atoms with Crippen molar-refractivity contribution in [3.05, 3.63) is 33.9 Å². The fourth-order valence-electron chi connectivity index (χ4n) is 1.16. The number of nitro benzene ring substituents is 1. The summed E-state index contributed by atoms with van der Waals surface area (Å²) >= 11 is 0. The van der Waals surface area contributed by atoms with E-state index in [-0.39, 0.29) is 30.3 Å². The van der Waals surface area contributed by atoms with Gasteiger partial charge in [-0.25, -0.2) is 0 Å². The van der Waals surface area contributed by atoms with Gasteiger partial charge in [-0.3, -0.25) is 15.5 Å². The van der Waals surface area contributed by atoms with Crippen LogP contribution in [-0.4, -0.2) is 17.4 Å². The SMILES string of the molecule is Cc1ccc(OCCC(=N)N)c([N+](=O)[O-])c1. The van der Waals surface area contributed by atoms with Crippen molar-refractivity contribution in [3.63, 3.8) is 0 Å². The van der Waals surface area contributed by atoms with Gasteiger partial charge in [0.25, 0.3) is 0 Å². The average Bonchev–Trinajstić information content (AvgIpc) is 2.19. The molecule has 0 amide bonds. The maximum atomic E-state index is 10.7. The van der Waals surface area contributed by atoms with Gasteiger partial charge in [-0.15, -0.1) is 0 Å². The van der Waals surface area contributed by atoms with Gasteiger partial charge >= 0.3 is 5.69 Å². The lowest BCUT2D eigenvalue weighted by Crippen LogP contribution is -2.14. The molecule has 0 saturated carbocycles. The van der Waals surface area contributed by atoms with Crippen molar-refractivity contribution in [1.29, 1.82) is 5.41 Å². The summed E-state index contributed by atoms with van der Waals surface area (Å²) < 4.78 is 5.20. The van der Waals surface area contributed by atoms with Crippen LogP contribution in [0.4, 0.5) is 5.69 Å². The molecule has 0 aromatic heterocycles. The zero-order valence-corrected chi connectivity index (χ0v) is 8.90. The molecular weight excluding hydrogens is 210 g/mol. The van der Waals surface area contributed by atoms with Crippen molar-refractivity contribution in [2.45, 2.75) is 13.3 Å². The van der Waals surface area contributed by atoms with Gasteiger partial charge in [0.15, 0.2) is 5.75 Å². The molecule has 0 saturated heterocycles. The maximum Gasteiger partial charge on any atom is 0.311 e. The summed E-state index contributed by atoms with van der Waals surface area (Å²) in [5.74, 6) is 0.201. The molecule has 0 aliphatic heterocycles. The van der Waals surface area contributed by atoms with E-state index in [1.807, 2.05) is 0 Å². The van der Waals surface area contributed by atoms with Crippen molar-refractivity contribution in [2.75, 3.05) is 6.61 Å². The largest absolute Gasteiger partial charge is 0.486 e. The van der Waals surface area contributed by atoms with Crippen LogP contribution in [0.3, 0.4) is 0 Å². The predicted molar refractivity (Wildman–Crippen MR) is 59.9 cm³/mol. The van der Waals surface area contributed by atoms with Crippen LogP contribution in [0.2, 0.25) is 0 Å². The average molecular weight is 223 g/mol. The normalized spacial score (nSPS) is 9.81. The minimum Gasteiger partial charge on any atom is -0.486 e. The third-order valence-electron chi connectivity index (χ3n) is 1.94. The molecule has 86 valence electrons. The summed E-state index contributed by atoms with van der Waals surface area (Å²) in [6.07, 6.45) is 0.255. The highest BCUT2D eigenvalue weighted by Gasteiger charge is 2.14. The molecule has 0 fully saturated rings. The highest BCUT2D eigenvalue weighted by atomic mass is 16.6. The number of hydrogen-bond donors (Lipinski definition) is 2. The number of nitrogens with zero attached hydrogens (tertiary/aromatic N) is 1. The molecule has 0 heterocycles. The topological polar surface area (TPSA) is 102 Å². The van der Waals surface area contributed by atoms with Crippen LogP contribution >= 0.6 is 0 Å². The van der Waals surface area contributed by atoms with E-state index < -0.39 is 4.92 Å². The molecule has 0 aliphatic carbocycles. The van der Waals surface area contributed by atoms with E-state index >= 15 is 0 Å². The lowest BCUT2D eigenvalue weighted by atomic mass is 10.2. The Labute approximate surface area is 92.7 Å². The molecule has 6 heteroatoms. The van der Waals surface area contributed by atoms with E-state index in [9.17, 15) is 10.1 Å². The first kappa shape index (κ1) is 12.0.